The molecule has 3 rings (SSSR count). The van der Waals surface area contributed by atoms with Crippen LogP contribution in [0.5, 0.6) is 10.9 Å². The number of hydrogen-bond acceptors (Lipinski definition) is 8. The van der Waals surface area contributed by atoms with Gasteiger partial charge in [-0.15, -0.1) is 0 Å². The molecule has 2 aromatic heterocycles. The maximum Gasteiger partial charge on any atom is 0.279 e. The van der Waals surface area contributed by atoms with Crippen LogP contribution in [0.4, 0.5) is 5.69 Å². The summed E-state index contributed by atoms with van der Waals surface area (Å²) in [4.78, 5) is 30.2. The Hall–Kier alpha value is -3.20. The van der Waals surface area contributed by atoms with Crippen LogP contribution in [0.3, 0.4) is 0 Å². The Labute approximate surface area is 191 Å². The van der Waals surface area contributed by atoms with E-state index in [-0.39, 0.29) is 5.91 Å². The van der Waals surface area contributed by atoms with Crippen LogP contribution in [-0.2, 0) is 9.59 Å². The molecular formula is C23H28N4O4S. The van der Waals surface area contributed by atoms with E-state index in [2.05, 4.69) is 29.3 Å². The van der Waals surface area contributed by atoms with E-state index in [1.54, 1.807) is 33.0 Å². The van der Waals surface area contributed by atoms with Crippen LogP contribution in [0.1, 0.15) is 53.3 Å². The largest absolute Gasteiger partial charge is 0.431 e. The van der Waals surface area contributed by atoms with E-state index in [1.807, 2.05) is 24.3 Å². The van der Waals surface area contributed by atoms with Crippen LogP contribution >= 0.6 is 11.3 Å². The zero-order valence-electron chi connectivity index (χ0n) is 19.1. The summed E-state index contributed by atoms with van der Waals surface area (Å²) in [5.74, 6) is 0.933. The summed E-state index contributed by atoms with van der Waals surface area (Å²) in [6.45, 7) is 10.8. The van der Waals surface area contributed by atoms with Crippen LogP contribution in [0, 0.1) is 0 Å². The molecule has 8 nitrogen and oxygen atoms in total. The van der Waals surface area contributed by atoms with Crippen LogP contribution in [0.25, 0.3) is 10.6 Å². The number of aromatic nitrogens is 2. The predicted octanol–water partition coefficient (Wildman–Crippen LogP) is 5.30. The molecular weight excluding hydrogens is 428 g/mol. The second-order valence-electron chi connectivity index (χ2n) is 8.37. The van der Waals surface area contributed by atoms with Gasteiger partial charge in [0.05, 0.1) is 22.7 Å². The standard InChI is InChI=1S/C23H28N4O4S/c1-14(2)25-17-8-7-9-18(10-17)30-22-24-12-21(32-22)19-11-20(31-26-19)15(3)27(16(4)29)23(5,6)13-28/h7-15,25H,1-6H3. The van der Waals surface area contributed by atoms with Gasteiger partial charge in [0.25, 0.3) is 5.19 Å². The summed E-state index contributed by atoms with van der Waals surface area (Å²) >= 11 is 1.34. The quantitative estimate of drug-likeness (QED) is 0.436. The number of nitrogens with zero attached hydrogens (tertiary/aromatic N) is 3. The van der Waals surface area contributed by atoms with Crippen molar-refractivity contribution in [2.45, 2.75) is 59.2 Å². The summed E-state index contributed by atoms with van der Waals surface area (Å²) in [5, 5.41) is 7.94. The van der Waals surface area contributed by atoms with Crippen molar-refractivity contribution in [3.8, 4) is 21.5 Å². The number of carbonyl (C=O) groups is 2. The van der Waals surface area contributed by atoms with E-state index in [4.69, 9.17) is 9.26 Å². The molecule has 1 N–H and O–H groups in total. The van der Waals surface area contributed by atoms with Crippen LogP contribution < -0.4 is 10.1 Å². The van der Waals surface area contributed by atoms with Gasteiger partial charge >= 0.3 is 0 Å². The highest BCUT2D eigenvalue weighted by atomic mass is 32.1. The molecule has 0 saturated heterocycles. The number of rotatable bonds is 9. The van der Waals surface area contributed by atoms with Crippen molar-refractivity contribution >= 4 is 29.2 Å². The first-order valence-electron chi connectivity index (χ1n) is 10.3. The third-order valence-electron chi connectivity index (χ3n) is 4.81. The number of nitrogens with one attached hydrogen (secondary N) is 1. The van der Waals surface area contributed by atoms with E-state index in [9.17, 15) is 9.59 Å². The van der Waals surface area contributed by atoms with Crippen LogP contribution in [0.2, 0.25) is 0 Å². The lowest BCUT2D eigenvalue weighted by molar-refractivity contribution is -0.142. The van der Waals surface area contributed by atoms with Crippen molar-refractivity contribution < 1.29 is 18.8 Å². The van der Waals surface area contributed by atoms with Crippen molar-refractivity contribution in [1.82, 2.24) is 15.0 Å². The Morgan fingerprint density at radius 3 is 2.69 bits per heavy atom. The molecule has 0 aliphatic carbocycles. The molecule has 170 valence electrons. The summed E-state index contributed by atoms with van der Waals surface area (Å²) in [5.41, 5.74) is 0.586. The topological polar surface area (TPSA) is 97.6 Å². The highest BCUT2D eigenvalue weighted by Gasteiger charge is 2.35. The fourth-order valence-electron chi connectivity index (χ4n) is 3.47. The molecule has 3 aromatic rings. The minimum atomic E-state index is -0.970. The predicted molar refractivity (Wildman–Crippen MR) is 124 cm³/mol. The summed E-state index contributed by atoms with van der Waals surface area (Å²) < 4.78 is 11.4. The molecule has 0 aliphatic rings. The molecule has 1 unspecified atom stereocenters. The summed E-state index contributed by atoms with van der Waals surface area (Å²) in [6, 6.07) is 9.29. The van der Waals surface area contributed by atoms with E-state index in [1.165, 1.54) is 23.2 Å². The number of amides is 1. The Kier molecular flexibility index (Phi) is 6.98. The molecule has 1 amide bonds. The number of carbonyl (C=O) groups excluding carboxylic acids is 2. The van der Waals surface area contributed by atoms with Gasteiger partial charge in [-0.25, -0.2) is 4.98 Å². The highest BCUT2D eigenvalue weighted by Crippen LogP contribution is 2.35. The van der Waals surface area contributed by atoms with Crippen LogP contribution in [-0.4, -0.2) is 38.8 Å². The number of anilines is 1. The lowest BCUT2D eigenvalue weighted by Crippen LogP contribution is -2.49. The van der Waals surface area contributed by atoms with Gasteiger partial charge in [0.1, 0.15) is 17.7 Å². The van der Waals surface area contributed by atoms with Crippen molar-refractivity contribution in [2.24, 2.45) is 0 Å². The third kappa shape index (κ3) is 5.34. The molecule has 9 heteroatoms. The molecule has 1 aromatic carbocycles. The molecule has 1 atom stereocenters. The monoisotopic (exact) mass is 456 g/mol. The Morgan fingerprint density at radius 2 is 2.03 bits per heavy atom. The van der Waals surface area contributed by atoms with Gasteiger partial charge in [-0.2, -0.15) is 0 Å². The number of hydrogen-bond donors (Lipinski definition) is 1. The first-order chi connectivity index (χ1) is 15.1. The Balaban J connectivity index is 1.76. The Bertz CT molecular complexity index is 1090. The average Bonchev–Trinajstić information content (AvgIpc) is 3.37. The minimum Gasteiger partial charge on any atom is -0.431 e. The Morgan fingerprint density at radius 1 is 1.28 bits per heavy atom. The maximum absolute atomic E-state index is 12.2. The van der Waals surface area contributed by atoms with Gasteiger partial charge < -0.3 is 24.3 Å². The van der Waals surface area contributed by atoms with Gasteiger partial charge in [0.2, 0.25) is 5.91 Å². The first-order valence-corrected chi connectivity index (χ1v) is 11.2. The van der Waals surface area contributed by atoms with E-state index in [0.717, 1.165) is 16.9 Å². The summed E-state index contributed by atoms with van der Waals surface area (Å²) in [7, 11) is 0. The average molecular weight is 457 g/mol. The number of benzene rings is 1. The van der Waals surface area contributed by atoms with Gasteiger partial charge in [0.15, 0.2) is 5.76 Å². The van der Waals surface area contributed by atoms with Crippen LogP contribution in [0.15, 0.2) is 41.1 Å². The van der Waals surface area contributed by atoms with Crippen molar-refractivity contribution in [2.75, 3.05) is 5.32 Å². The fraction of sp³-hybridized carbons (Fsp3) is 0.391. The number of thiazole rings is 1. The normalized spacial score (nSPS) is 12.5. The fourth-order valence-corrected chi connectivity index (χ4v) is 4.21. The molecule has 0 aliphatic heterocycles. The zero-order chi connectivity index (χ0) is 23.5. The van der Waals surface area contributed by atoms with Gasteiger partial charge in [-0.3, -0.25) is 4.79 Å². The highest BCUT2D eigenvalue weighted by molar-refractivity contribution is 7.16. The first kappa shape index (κ1) is 23.5. The number of aldehydes is 1. The lowest BCUT2D eigenvalue weighted by atomic mass is 10.0. The molecule has 32 heavy (non-hydrogen) atoms. The molecule has 2 heterocycles. The third-order valence-corrected chi connectivity index (χ3v) is 5.71. The maximum atomic E-state index is 12.2. The van der Waals surface area contributed by atoms with Crippen molar-refractivity contribution in [3.63, 3.8) is 0 Å². The molecule has 0 radical (unpaired) electrons. The van der Waals surface area contributed by atoms with E-state index < -0.39 is 11.6 Å². The second kappa shape index (κ2) is 9.52. The van der Waals surface area contributed by atoms with Crippen molar-refractivity contribution in [3.05, 3.63) is 42.3 Å². The summed E-state index contributed by atoms with van der Waals surface area (Å²) in [6.07, 6.45) is 2.42. The van der Waals surface area contributed by atoms with E-state index >= 15 is 0 Å². The minimum absolute atomic E-state index is 0.227. The van der Waals surface area contributed by atoms with Gasteiger partial charge in [0, 0.05) is 30.8 Å². The molecule has 0 bridgehead atoms. The zero-order valence-corrected chi connectivity index (χ0v) is 19.9. The number of ether oxygens (including phenoxy) is 1. The van der Waals surface area contributed by atoms with E-state index in [0.29, 0.717) is 28.4 Å². The SMILES string of the molecule is CC(=O)N(C(C)c1cc(-c2cnc(Oc3cccc(NC(C)C)c3)s2)no1)C(C)(C)C=O. The second-order valence-corrected chi connectivity index (χ2v) is 9.36. The smallest absolute Gasteiger partial charge is 0.279 e. The lowest BCUT2D eigenvalue weighted by Gasteiger charge is -2.37. The molecule has 0 fully saturated rings. The molecule has 0 spiro atoms. The van der Waals surface area contributed by atoms with Gasteiger partial charge in [-0.1, -0.05) is 22.6 Å². The van der Waals surface area contributed by atoms with Gasteiger partial charge in [-0.05, 0) is 46.8 Å². The van der Waals surface area contributed by atoms with Crippen molar-refractivity contribution in [1.29, 1.82) is 0 Å². The molecule has 0 saturated carbocycles.